The number of sulfone groups is 1. The smallest absolute Gasteiger partial charge is 0.175 e. The summed E-state index contributed by atoms with van der Waals surface area (Å²) in [5, 5.41) is 0. The lowest BCUT2D eigenvalue weighted by Crippen LogP contribution is -2.05. The van der Waals surface area contributed by atoms with E-state index in [9.17, 15) is 13.2 Å². The molecule has 2 rings (SSSR count). The van der Waals surface area contributed by atoms with Crippen LogP contribution < -0.4 is 0 Å². The first-order chi connectivity index (χ1) is 8.47. The molecule has 0 aliphatic heterocycles. The minimum atomic E-state index is -3.23. The van der Waals surface area contributed by atoms with E-state index in [0.717, 1.165) is 6.26 Å². The van der Waals surface area contributed by atoms with E-state index in [1.165, 1.54) is 24.3 Å². The number of rotatable bonds is 4. The number of benzene rings is 1. The van der Waals surface area contributed by atoms with Gasteiger partial charge in [0.05, 0.1) is 11.3 Å². The van der Waals surface area contributed by atoms with Crippen molar-refractivity contribution in [2.45, 2.75) is 11.3 Å². The SMILES string of the molecule is CS(=O)(=O)c1ccc(C(=O)Cc2ncc[nH]2)cc1. The van der Waals surface area contributed by atoms with Gasteiger partial charge in [-0.05, 0) is 12.1 Å². The number of aromatic amines is 1. The minimum Gasteiger partial charge on any atom is -0.348 e. The molecule has 1 aromatic carbocycles. The van der Waals surface area contributed by atoms with Crippen LogP contribution in [-0.2, 0) is 16.3 Å². The van der Waals surface area contributed by atoms with Gasteiger partial charge in [-0.1, -0.05) is 12.1 Å². The summed E-state index contributed by atoms with van der Waals surface area (Å²) in [7, 11) is -3.23. The van der Waals surface area contributed by atoms with Gasteiger partial charge in [0.25, 0.3) is 0 Å². The molecule has 0 saturated heterocycles. The summed E-state index contributed by atoms with van der Waals surface area (Å²) in [4.78, 5) is 18.9. The maximum Gasteiger partial charge on any atom is 0.175 e. The van der Waals surface area contributed by atoms with Gasteiger partial charge < -0.3 is 4.98 Å². The van der Waals surface area contributed by atoms with Crippen molar-refractivity contribution in [3.63, 3.8) is 0 Å². The highest BCUT2D eigenvalue weighted by molar-refractivity contribution is 7.90. The minimum absolute atomic E-state index is 0.106. The lowest BCUT2D eigenvalue weighted by molar-refractivity contribution is 0.0991. The van der Waals surface area contributed by atoms with Crippen molar-refractivity contribution in [3.05, 3.63) is 48.0 Å². The van der Waals surface area contributed by atoms with Crippen LogP contribution in [0.25, 0.3) is 0 Å². The molecule has 0 saturated carbocycles. The summed E-state index contributed by atoms with van der Waals surface area (Å²) in [6.45, 7) is 0. The maximum absolute atomic E-state index is 11.9. The average Bonchev–Trinajstić information content (AvgIpc) is 2.81. The van der Waals surface area contributed by atoms with Crippen LogP contribution >= 0.6 is 0 Å². The number of carbonyl (C=O) groups excluding carboxylic acids is 1. The zero-order valence-corrected chi connectivity index (χ0v) is 10.6. The molecule has 0 aliphatic carbocycles. The van der Waals surface area contributed by atoms with Gasteiger partial charge in [-0.2, -0.15) is 0 Å². The summed E-state index contributed by atoms with van der Waals surface area (Å²) >= 11 is 0. The number of ketones is 1. The van der Waals surface area contributed by atoms with E-state index in [4.69, 9.17) is 0 Å². The normalized spacial score (nSPS) is 11.4. The zero-order chi connectivity index (χ0) is 13.2. The van der Waals surface area contributed by atoms with Crippen LogP contribution in [0.4, 0.5) is 0 Å². The first-order valence-corrected chi connectivity index (χ1v) is 7.17. The van der Waals surface area contributed by atoms with Crippen LogP contribution in [0.2, 0.25) is 0 Å². The molecule has 94 valence electrons. The van der Waals surface area contributed by atoms with E-state index >= 15 is 0 Å². The molecule has 1 N–H and O–H groups in total. The van der Waals surface area contributed by atoms with E-state index < -0.39 is 9.84 Å². The summed E-state index contributed by atoms with van der Waals surface area (Å²) in [5.41, 5.74) is 0.471. The highest BCUT2D eigenvalue weighted by Gasteiger charge is 2.11. The number of aromatic nitrogens is 2. The monoisotopic (exact) mass is 264 g/mol. The van der Waals surface area contributed by atoms with Crippen LogP contribution in [0.5, 0.6) is 0 Å². The third-order valence-electron chi connectivity index (χ3n) is 2.49. The number of imidazole rings is 1. The van der Waals surface area contributed by atoms with Crippen molar-refractivity contribution in [1.29, 1.82) is 0 Å². The van der Waals surface area contributed by atoms with Crippen molar-refractivity contribution in [2.75, 3.05) is 6.26 Å². The van der Waals surface area contributed by atoms with Gasteiger partial charge >= 0.3 is 0 Å². The molecule has 1 aromatic heterocycles. The molecule has 0 atom stereocenters. The highest BCUT2D eigenvalue weighted by Crippen LogP contribution is 2.11. The highest BCUT2D eigenvalue weighted by atomic mass is 32.2. The Balaban J connectivity index is 2.17. The quantitative estimate of drug-likeness (QED) is 0.842. The predicted octanol–water partition coefficient (Wildman–Crippen LogP) is 1.24. The van der Waals surface area contributed by atoms with Crippen molar-refractivity contribution in [2.24, 2.45) is 0 Å². The molecule has 0 unspecified atom stereocenters. The van der Waals surface area contributed by atoms with Gasteiger partial charge in [-0.15, -0.1) is 0 Å². The summed E-state index contributed by atoms with van der Waals surface area (Å²) < 4.78 is 22.5. The van der Waals surface area contributed by atoms with E-state index in [1.807, 2.05) is 0 Å². The Labute approximate surface area is 105 Å². The van der Waals surface area contributed by atoms with Gasteiger partial charge in [0.2, 0.25) is 0 Å². The molecule has 18 heavy (non-hydrogen) atoms. The molecular formula is C12H12N2O3S. The molecule has 0 amide bonds. The lowest BCUT2D eigenvalue weighted by Gasteiger charge is -2.01. The first kappa shape index (κ1) is 12.5. The molecule has 0 fully saturated rings. The second kappa shape index (κ2) is 4.73. The Morgan fingerprint density at radius 1 is 1.28 bits per heavy atom. The fraction of sp³-hybridized carbons (Fsp3) is 0.167. The van der Waals surface area contributed by atoms with E-state index in [-0.39, 0.29) is 17.1 Å². The fourth-order valence-corrected chi connectivity index (χ4v) is 2.17. The standard InChI is InChI=1S/C12H12N2O3S/c1-18(16,17)10-4-2-9(3-5-10)11(15)8-12-13-6-7-14-12/h2-7H,8H2,1H3,(H,13,14). The van der Waals surface area contributed by atoms with E-state index in [2.05, 4.69) is 9.97 Å². The van der Waals surface area contributed by atoms with Crippen LogP contribution in [0, 0.1) is 0 Å². The summed E-state index contributed by atoms with van der Waals surface area (Å²) in [6.07, 6.45) is 4.53. The Kier molecular flexibility index (Phi) is 3.29. The molecule has 0 spiro atoms. The maximum atomic E-state index is 11.9. The number of nitrogens with one attached hydrogen (secondary N) is 1. The molecule has 1 heterocycles. The van der Waals surface area contributed by atoms with E-state index in [1.54, 1.807) is 12.4 Å². The fourth-order valence-electron chi connectivity index (χ4n) is 1.54. The van der Waals surface area contributed by atoms with Gasteiger partial charge in [-0.3, -0.25) is 4.79 Å². The third kappa shape index (κ3) is 2.84. The van der Waals surface area contributed by atoms with Crippen molar-refractivity contribution in [3.8, 4) is 0 Å². The number of hydrogen-bond acceptors (Lipinski definition) is 4. The summed E-state index contributed by atoms with van der Waals surface area (Å²) in [6, 6.07) is 5.90. The van der Waals surface area contributed by atoms with Gasteiger partial charge in [0, 0.05) is 24.2 Å². The van der Waals surface area contributed by atoms with Crippen LogP contribution in [0.15, 0.2) is 41.6 Å². The van der Waals surface area contributed by atoms with Crippen LogP contribution in [0.1, 0.15) is 16.2 Å². The van der Waals surface area contributed by atoms with Crippen molar-refractivity contribution >= 4 is 15.6 Å². The number of Topliss-reactive ketones (excluding diaryl/α,β-unsaturated/α-hetero) is 1. The number of carbonyl (C=O) groups is 1. The average molecular weight is 264 g/mol. The van der Waals surface area contributed by atoms with E-state index in [0.29, 0.717) is 11.4 Å². The first-order valence-electron chi connectivity index (χ1n) is 5.28. The predicted molar refractivity (Wildman–Crippen MR) is 66.2 cm³/mol. The Hall–Kier alpha value is -1.95. The Bertz CT molecular complexity index is 643. The van der Waals surface area contributed by atoms with Gasteiger partial charge in [-0.25, -0.2) is 13.4 Å². The second-order valence-corrected chi connectivity index (χ2v) is 5.95. The van der Waals surface area contributed by atoms with Crippen LogP contribution in [0.3, 0.4) is 0 Å². The molecule has 6 heteroatoms. The summed E-state index contributed by atoms with van der Waals surface area (Å²) in [5.74, 6) is 0.484. The zero-order valence-electron chi connectivity index (χ0n) is 9.75. The van der Waals surface area contributed by atoms with Crippen molar-refractivity contribution in [1.82, 2.24) is 9.97 Å². The Morgan fingerprint density at radius 2 is 1.94 bits per heavy atom. The third-order valence-corrected chi connectivity index (χ3v) is 3.62. The Morgan fingerprint density at radius 3 is 2.44 bits per heavy atom. The molecular weight excluding hydrogens is 252 g/mol. The second-order valence-electron chi connectivity index (χ2n) is 3.93. The molecule has 0 bridgehead atoms. The largest absolute Gasteiger partial charge is 0.348 e. The topological polar surface area (TPSA) is 79.9 Å². The number of nitrogens with zero attached hydrogens (tertiary/aromatic N) is 1. The van der Waals surface area contributed by atoms with Gasteiger partial charge in [0.1, 0.15) is 5.82 Å². The van der Waals surface area contributed by atoms with Crippen LogP contribution in [-0.4, -0.2) is 30.4 Å². The number of H-pyrrole nitrogens is 1. The molecule has 0 aliphatic rings. The molecule has 0 radical (unpaired) electrons. The molecule has 5 nitrogen and oxygen atoms in total. The van der Waals surface area contributed by atoms with Gasteiger partial charge in [0.15, 0.2) is 15.6 Å². The lowest BCUT2D eigenvalue weighted by atomic mass is 10.1. The number of hydrogen-bond donors (Lipinski definition) is 1. The van der Waals surface area contributed by atoms with Crippen molar-refractivity contribution < 1.29 is 13.2 Å². The molecule has 2 aromatic rings.